The zero-order valence-electron chi connectivity index (χ0n) is 66.1. The van der Waals surface area contributed by atoms with Crippen LogP contribution >= 0.6 is 0 Å². The summed E-state index contributed by atoms with van der Waals surface area (Å²) in [6, 6.07) is 64.3. The average molecular weight is 1680 g/mol. The van der Waals surface area contributed by atoms with E-state index in [0.717, 1.165) is 12.8 Å². The number of ether oxygens (including phenoxy) is 3. The Morgan fingerprint density at radius 3 is 1.06 bits per heavy atom. The summed E-state index contributed by atoms with van der Waals surface area (Å²) >= 11 is 0. The Labute approximate surface area is 682 Å². The molecule has 0 spiro atoms. The normalized spacial score (nSPS) is 28.7. The molecule has 0 bridgehead atoms. The Bertz CT molecular complexity index is 4450. The summed E-state index contributed by atoms with van der Waals surface area (Å²) in [5.74, 6) is -4.45. The van der Waals surface area contributed by atoms with Crippen molar-refractivity contribution in [2.24, 2.45) is 92.7 Å². The molecule has 6 aromatic rings. The van der Waals surface area contributed by atoms with Crippen LogP contribution in [0.4, 0.5) is 17.6 Å². The number of hydrogen-bond acceptors (Lipinski definition) is 18. The molecule has 116 heavy (non-hydrogen) atoms. The average Bonchev–Trinajstić information content (AvgIpc) is 1.40. The van der Waals surface area contributed by atoms with Crippen LogP contribution in [0.2, 0.25) is 0 Å². The molecular weight excluding hydrogens is 1570 g/mol. The van der Waals surface area contributed by atoms with Crippen LogP contribution in [0.25, 0.3) is 0 Å². The lowest BCUT2D eigenvalue weighted by Crippen LogP contribution is -2.60. The molecule has 8 aliphatic rings. The van der Waals surface area contributed by atoms with Gasteiger partial charge in [-0.25, -0.2) is 21.6 Å². The van der Waals surface area contributed by atoms with E-state index in [-0.39, 0.29) is 158 Å². The number of fused-ring (bicyclic) bond motifs is 10. The lowest BCUT2D eigenvalue weighted by molar-refractivity contribution is -0.168. The van der Waals surface area contributed by atoms with Gasteiger partial charge in [0, 0.05) is 86.9 Å². The van der Waals surface area contributed by atoms with Gasteiger partial charge >= 0.3 is 28.4 Å². The molecule has 0 aliphatic heterocycles. The van der Waals surface area contributed by atoms with E-state index in [1.54, 1.807) is 0 Å². The lowest BCUT2D eigenvalue weighted by Gasteiger charge is -2.58. The van der Waals surface area contributed by atoms with Gasteiger partial charge in [-0.1, -0.05) is 151 Å². The van der Waals surface area contributed by atoms with E-state index < -0.39 is 79.3 Å². The zero-order chi connectivity index (χ0) is 83.9. The summed E-state index contributed by atoms with van der Waals surface area (Å²) in [7, 11) is -12.2. The minimum absolute atomic E-state index is 0.00322. The molecule has 0 saturated heterocycles. The van der Waals surface area contributed by atoms with Crippen molar-refractivity contribution in [3.8, 4) is 0 Å². The predicted octanol–water partition coefficient (Wildman–Crippen LogP) is 16.4. The molecule has 26 heteroatoms. The maximum absolute atomic E-state index is 13.8. The quantitative estimate of drug-likeness (QED) is 0.0152. The van der Waals surface area contributed by atoms with E-state index in [9.17, 15) is 86.7 Å². The minimum atomic E-state index is -6.24. The summed E-state index contributed by atoms with van der Waals surface area (Å²) in [5, 5.41) is -9.94. The molecule has 0 heterocycles. The Morgan fingerprint density at radius 1 is 0.440 bits per heavy atom. The Morgan fingerprint density at radius 2 is 0.750 bits per heavy atom. The van der Waals surface area contributed by atoms with Gasteiger partial charge in [0.25, 0.3) is 0 Å². The van der Waals surface area contributed by atoms with Crippen molar-refractivity contribution < 1.29 is 101 Å². The summed E-state index contributed by atoms with van der Waals surface area (Å²) in [5.41, 5.74) is -1.85. The lowest BCUT2D eigenvalue weighted by atomic mass is 9.44. The van der Waals surface area contributed by atoms with Crippen LogP contribution in [0.1, 0.15) is 157 Å². The highest BCUT2D eigenvalue weighted by atomic mass is 32.2. The number of Topliss-reactive ketones (excluding diaryl/α,β-unsaturated/α-hetero) is 6. The number of benzene rings is 6. The topological polar surface area (TPSA) is 296 Å². The molecule has 622 valence electrons. The molecule has 8 fully saturated rings. The van der Waals surface area contributed by atoms with E-state index in [1.807, 2.05) is 27.7 Å². The van der Waals surface area contributed by atoms with Gasteiger partial charge in [0.15, 0.2) is 56.2 Å². The van der Waals surface area contributed by atoms with Crippen molar-refractivity contribution >= 4 is 94.6 Å². The molecule has 8 aliphatic carbocycles. The van der Waals surface area contributed by atoms with Crippen LogP contribution in [0.5, 0.6) is 0 Å². The number of esters is 3. The van der Waals surface area contributed by atoms with Gasteiger partial charge in [-0.2, -0.15) is 17.6 Å². The molecule has 0 unspecified atom stereocenters. The van der Waals surface area contributed by atoms with Crippen LogP contribution in [0, 0.1) is 92.7 Å². The maximum Gasteiger partial charge on any atom is 0.428 e. The van der Waals surface area contributed by atoms with Crippen LogP contribution in [-0.2, 0) is 99.4 Å². The second kappa shape index (κ2) is 36.7. The molecule has 0 amide bonds. The number of alkyl halides is 4. The van der Waals surface area contributed by atoms with Crippen molar-refractivity contribution in [1.29, 1.82) is 0 Å². The third-order valence-electron chi connectivity index (χ3n) is 27.2. The van der Waals surface area contributed by atoms with E-state index in [0.29, 0.717) is 83.5 Å². The molecule has 16 atom stereocenters. The van der Waals surface area contributed by atoms with Gasteiger partial charge < -0.3 is 23.3 Å². The van der Waals surface area contributed by atoms with E-state index >= 15 is 0 Å². The summed E-state index contributed by atoms with van der Waals surface area (Å²) < 4.78 is 129. The molecule has 8 saturated carbocycles. The standard InChI is InChI=1S/C28H38F2O10S.C26H36F2O8S.2C18H15S/c1-15(4-7-23(34)39-10-11-40-25(35)28(29,30)41(36,37)38)18-5-6-19-24-20(14-22(33)27(18,19)3)26(2)9-8-17(31)12-16(26)13-21(24)32;1-14(4-7-22(32)36-13-26(27,28)37(33,34)35)17-5-6-18-23-19(12-21(31)25(17,18)3)24(2)9-8-16(29)10-15(24)11-20(23)30;2*1-4-10-16(11-5-1)19(17-12-6-2-7-13-17)18-14-8-3-9-15-18/h15-16,18-20,24H,4-14H2,1-3H3,(H,36,37,38);14-15,17-19,23H,4-13H2,1-3H3,(H,33,34,35);2*1-15H/q;;2*+1/p-2/t15-,16+,18-,19+,20+,24+,26+,27-;14-,15+,17-,18+,19+,23+,24+,25-;;/m11../s1. The smallest absolute Gasteiger partial charge is 0.428 e. The van der Waals surface area contributed by atoms with Crippen molar-refractivity contribution in [2.75, 3.05) is 19.8 Å². The van der Waals surface area contributed by atoms with Gasteiger partial charge in [-0.3, -0.25) is 38.4 Å². The second-order valence-corrected chi connectivity index (χ2v) is 40.5. The molecule has 6 aromatic carbocycles. The number of rotatable bonds is 22. The third-order valence-corrected chi connectivity index (χ3v) is 33.3. The van der Waals surface area contributed by atoms with Gasteiger partial charge in [-0.05, 0) is 194 Å². The number of hydrogen-bond donors (Lipinski definition) is 0. The molecule has 0 radical (unpaired) electrons. The molecule has 0 N–H and O–H groups in total. The second-order valence-electron chi connectivity index (χ2n) is 33.5. The first-order valence-corrected chi connectivity index (χ1v) is 45.2. The Balaban J connectivity index is 0.000000160. The fourth-order valence-corrected chi connectivity index (χ4v) is 25.6. The first kappa shape index (κ1) is 88.8. The number of ketones is 6. The van der Waals surface area contributed by atoms with Crippen molar-refractivity contribution in [3.05, 3.63) is 182 Å². The minimum Gasteiger partial charge on any atom is -0.743 e. The highest BCUT2D eigenvalue weighted by molar-refractivity contribution is 7.97. The van der Waals surface area contributed by atoms with Crippen LogP contribution in [0.3, 0.4) is 0 Å². The van der Waals surface area contributed by atoms with Gasteiger partial charge in [0.2, 0.25) is 0 Å². The fraction of sp³-hybridized carbons (Fsp3) is 0.500. The monoisotopic (exact) mass is 1670 g/mol. The summed E-state index contributed by atoms with van der Waals surface area (Å²) in [4.78, 5) is 122. The number of carbonyl (C=O) groups excluding carboxylic acids is 9. The highest BCUT2D eigenvalue weighted by Gasteiger charge is 2.68. The zero-order valence-corrected chi connectivity index (χ0v) is 69.4. The van der Waals surface area contributed by atoms with E-state index in [4.69, 9.17) is 4.74 Å². The largest absolute Gasteiger partial charge is 0.743 e. The Kier molecular flexibility index (Phi) is 28.1. The molecular formula is C90H102F4O18S4. The third kappa shape index (κ3) is 18.8. The van der Waals surface area contributed by atoms with Crippen LogP contribution < -0.4 is 0 Å². The number of carbonyl (C=O) groups is 9. The maximum atomic E-state index is 13.8. The van der Waals surface area contributed by atoms with Crippen LogP contribution in [-0.4, -0.2) is 109 Å². The summed E-state index contributed by atoms with van der Waals surface area (Å²) in [6.07, 6.45) is 7.78. The van der Waals surface area contributed by atoms with Gasteiger partial charge in [0.1, 0.15) is 47.9 Å². The van der Waals surface area contributed by atoms with E-state index in [1.165, 1.54) is 29.4 Å². The van der Waals surface area contributed by atoms with Crippen molar-refractivity contribution in [1.82, 2.24) is 0 Å². The fourth-order valence-electron chi connectivity index (χ4n) is 20.9. The highest BCUT2D eigenvalue weighted by Crippen LogP contribution is 2.68. The SMILES string of the molecule is C[C@H](CCC(=O)OCC(F)(F)S(=O)(=O)[O-])[C@H]1CC[C@H]2[C@@H]3C(=O)C[C@@H]4CC(=O)CC[C@]4(C)[C@H]3CC(=O)[C@]12C.C[C@H](CCC(=O)OCCOC(=O)C(F)(F)S(=O)(=O)[O-])[C@H]1CC[C@H]2[C@@H]3C(=O)C[C@@H]4CC(=O)CC[C@]4(C)[C@H]3CC(=O)[C@]12C.c1ccc([S+](c2ccccc2)c2ccccc2)cc1.c1ccc([S+](c2ccccc2)c2ccccc2)cc1. The van der Waals surface area contributed by atoms with Crippen LogP contribution in [0.15, 0.2) is 211 Å². The molecule has 14 rings (SSSR count). The molecule has 0 aromatic heterocycles. The number of halogens is 4. The van der Waals surface area contributed by atoms with Crippen molar-refractivity contribution in [3.63, 3.8) is 0 Å². The van der Waals surface area contributed by atoms with Crippen molar-refractivity contribution in [2.45, 2.75) is 197 Å². The van der Waals surface area contributed by atoms with E-state index in [2.05, 4.69) is 205 Å². The summed E-state index contributed by atoms with van der Waals surface area (Å²) in [6.45, 7) is 8.73. The Hall–Kier alpha value is -8.01. The van der Waals surface area contributed by atoms with Gasteiger partial charge in [0.05, 0.1) is 21.8 Å². The molecule has 18 nitrogen and oxygen atoms in total. The van der Waals surface area contributed by atoms with Gasteiger partial charge in [-0.15, -0.1) is 0 Å². The first-order valence-electron chi connectivity index (χ1n) is 40.0. The predicted molar refractivity (Wildman–Crippen MR) is 424 cm³/mol. The first-order chi connectivity index (χ1) is 54.9.